The third-order valence-electron chi connectivity index (χ3n) is 4.49. The average molecular weight is 370 g/mol. The molecule has 28 heavy (non-hydrogen) atoms. The van der Waals surface area contributed by atoms with Crippen LogP contribution in [-0.4, -0.2) is 19.1 Å². The Morgan fingerprint density at radius 2 is 1.57 bits per heavy atom. The van der Waals surface area contributed by atoms with Gasteiger partial charge in [-0.1, -0.05) is 66.7 Å². The monoisotopic (exact) mass is 370 g/mol. The van der Waals surface area contributed by atoms with Crippen molar-refractivity contribution in [2.24, 2.45) is 0 Å². The minimum atomic E-state index is -0.178. The van der Waals surface area contributed by atoms with Gasteiger partial charge in [0, 0.05) is 12.5 Å². The van der Waals surface area contributed by atoms with Gasteiger partial charge in [0.15, 0.2) is 6.61 Å². The van der Waals surface area contributed by atoms with Crippen molar-refractivity contribution in [3.8, 4) is 11.8 Å². The predicted molar refractivity (Wildman–Crippen MR) is 109 cm³/mol. The zero-order valence-electron chi connectivity index (χ0n) is 15.5. The van der Waals surface area contributed by atoms with E-state index >= 15 is 0 Å². The van der Waals surface area contributed by atoms with E-state index in [1.807, 2.05) is 36.4 Å². The van der Waals surface area contributed by atoms with Crippen molar-refractivity contribution >= 4 is 5.91 Å². The lowest BCUT2D eigenvalue weighted by molar-refractivity contribution is -0.123. The maximum Gasteiger partial charge on any atom is 0.257 e. The highest BCUT2D eigenvalue weighted by atomic mass is 16.5. The summed E-state index contributed by atoms with van der Waals surface area (Å²) in [5.74, 6) is 0.554. The number of nitrogens with one attached hydrogen (secondary N) is 1. The Labute approximate surface area is 165 Å². The topological polar surface area (TPSA) is 62.1 Å². The molecule has 0 radical (unpaired) electrons. The van der Waals surface area contributed by atoms with E-state index in [1.165, 1.54) is 11.1 Å². The molecule has 1 amide bonds. The quantitative estimate of drug-likeness (QED) is 0.644. The highest BCUT2D eigenvalue weighted by molar-refractivity contribution is 5.77. The number of carbonyl (C=O) groups is 1. The van der Waals surface area contributed by atoms with Crippen LogP contribution in [0.5, 0.6) is 5.75 Å². The number of rotatable bonds is 8. The molecule has 0 aromatic heterocycles. The fraction of sp³-hybridized carbons (Fsp3) is 0.167. The number of nitriles is 1. The Hall–Kier alpha value is -3.58. The van der Waals surface area contributed by atoms with E-state index in [-0.39, 0.29) is 18.4 Å². The molecule has 0 heterocycles. The lowest BCUT2D eigenvalue weighted by atomic mass is 9.88. The highest BCUT2D eigenvalue weighted by Gasteiger charge is 2.14. The van der Waals surface area contributed by atoms with Gasteiger partial charge in [-0.25, -0.2) is 0 Å². The van der Waals surface area contributed by atoms with Crippen LogP contribution in [0.4, 0.5) is 0 Å². The Bertz CT molecular complexity index is 894. The largest absolute Gasteiger partial charge is 0.484 e. The molecule has 0 spiro atoms. The summed E-state index contributed by atoms with van der Waals surface area (Å²) in [5.41, 5.74) is 2.96. The molecule has 0 atom stereocenters. The molecule has 0 bridgehead atoms. The Kier molecular flexibility index (Phi) is 6.81. The van der Waals surface area contributed by atoms with Crippen LogP contribution in [0.15, 0.2) is 84.9 Å². The molecule has 4 nitrogen and oxygen atoms in total. The predicted octanol–water partition coefficient (Wildman–Crippen LogP) is 4.28. The second-order valence-corrected chi connectivity index (χ2v) is 6.44. The van der Waals surface area contributed by atoms with E-state index in [0.29, 0.717) is 17.9 Å². The SMILES string of the molecule is N#Cc1cccc(OCC(=O)NCCC(c2ccccc2)c2ccccc2)c1. The van der Waals surface area contributed by atoms with Crippen LogP contribution < -0.4 is 10.1 Å². The summed E-state index contributed by atoms with van der Waals surface area (Å²) >= 11 is 0. The zero-order valence-corrected chi connectivity index (χ0v) is 15.5. The van der Waals surface area contributed by atoms with Crippen LogP contribution in [0.1, 0.15) is 29.0 Å². The van der Waals surface area contributed by atoms with Crippen molar-refractivity contribution in [1.29, 1.82) is 5.26 Å². The van der Waals surface area contributed by atoms with Gasteiger partial charge in [-0.3, -0.25) is 4.79 Å². The van der Waals surface area contributed by atoms with Crippen molar-refractivity contribution in [2.45, 2.75) is 12.3 Å². The van der Waals surface area contributed by atoms with Gasteiger partial charge in [-0.05, 0) is 35.7 Å². The van der Waals surface area contributed by atoms with Crippen molar-refractivity contribution < 1.29 is 9.53 Å². The molecular formula is C24H22N2O2. The molecule has 0 saturated carbocycles. The Morgan fingerprint density at radius 1 is 0.929 bits per heavy atom. The molecule has 140 valence electrons. The van der Waals surface area contributed by atoms with Crippen LogP contribution in [0, 0.1) is 11.3 Å². The lowest BCUT2D eigenvalue weighted by Crippen LogP contribution is -2.30. The van der Waals surface area contributed by atoms with Gasteiger partial charge in [-0.15, -0.1) is 0 Å². The maximum atomic E-state index is 12.1. The van der Waals surface area contributed by atoms with E-state index in [0.717, 1.165) is 6.42 Å². The van der Waals surface area contributed by atoms with Gasteiger partial charge >= 0.3 is 0 Å². The molecular weight excluding hydrogens is 348 g/mol. The van der Waals surface area contributed by atoms with E-state index in [9.17, 15) is 4.79 Å². The first-order chi connectivity index (χ1) is 13.8. The number of carbonyl (C=O) groups excluding carboxylic acids is 1. The first-order valence-corrected chi connectivity index (χ1v) is 9.26. The van der Waals surface area contributed by atoms with Gasteiger partial charge in [0.1, 0.15) is 5.75 Å². The Balaban J connectivity index is 1.54. The second-order valence-electron chi connectivity index (χ2n) is 6.44. The third-order valence-corrected chi connectivity index (χ3v) is 4.49. The second kappa shape index (κ2) is 9.94. The van der Waals surface area contributed by atoms with Crippen LogP contribution in [0.25, 0.3) is 0 Å². The van der Waals surface area contributed by atoms with Crippen molar-refractivity contribution in [2.75, 3.05) is 13.2 Å². The minimum Gasteiger partial charge on any atom is -0.484 e. The van der Waals surface area contributed by atoms with Crippen LogP contribution in [-0.2, 0) is 4.79 Å². The average Bonchev–Trinajstić information content (AvgIpc) is 2.76. The van der Waals surface area contributed by atoms with Crippen LogP contribution >= 0.6 is 0 Å². The summed E-state index contributed by atoms with van der Waals surface area (Å²) in [4.78, 5) is 12.1. The molecule has 0 aliphatic rings. The van der Waals surface area contributed by atoms with Crippen molar-refractivity contribution in [3.63, 3.8) is 0 Å². The molecule has 0 unspecified atom stereocenters. The fourth-order valence-corrected chi connectivity index (χ4v) is 3.11. The number of ether oxygens (including phenoxy) is 1. The maximum absolute atomic E-state index is 12.1. The molecule has 3 aromatic carbocycles. The van der Waals surface area contributed by atoms with Crippen LogP contribution in [0.2, 0.25) is 0 Å². The third kappa shape index (κ3) is 5.46. The molecule has 0 aliphatic carbocycles. The fourth-order valence-electron chi connectivity index (χ4n) is 3.11. The zero-order chi connectivity index (χ0) is 19.6. The molecule has 3 aromatic rings. The summed E-state index contributed by atoms with van der Waals surface area (Å²) < 4.78 is 5.47. The van der Waals surface area contributed by atoms with E-state index in [2.05, 4.69) is 35.7 Å². The van der Waals surface area contributed by atoms with Gasteiger partial charge in [-0.2, -0.15) is 5.26 Å². The Morgan fingerprint density at radius 3 is 2.18 bits per heavy atom. The van der Waals surface area contributed by atoms with Crippen molar-refractivity contribution in [1.82, 2.24) is 5.32 Å². The van der Waals surface area contributed by atoms with E-state index in [4.69, 9.17) is 10.00 Å². The lowest BCUT2D eigenvalue weighted by Gasteiger charge is -2.18. The summed E-state index contributed by atoms with van der Waals surface area (Å²) in [5, 5.41) is 11.8. The van der Waals surface area contributed by atoms with E-state index < -0.39 is 0 Å². The molecule has 3 rings (SSSR count). The molecule has 4 heteroatoms. The summed E-state index contributed by atoms with van der Waals surface area (Å²) in [7, 11) is 0. The summed E-state index contributed by atoms with van der Waals surface area (Å²) in [6.07, 6.45) is 0.795. The molecule has 1 N–H and O–H groups in total. The summed E-state index contributed by atoms with van der Waals surface area (Å²) in [6.45, 7) is 0.477. The molecule has 0 saturated heterocycles. The number of hydrogen-bond acceptors (Lipinski definition) is 3. The minimum absolute atomic E-state index is 0.0732. The first-order valence-electron chi connectivity index (χ1n) is 9.26. The van der Waals surface area contributed by atoms with Gasteiger partial charge in [0.05, 0.1) is 11.6 Å². The van der Waals surface area contributed by atoms with Gasteiger partial charge in [0.2, 0.25) is 0 Å². The van der Waals surface area contributed by atoms with Crippen molar-refractivity contribution in [3.05, 3.63) is 102 Å². The normalized spacial score (nSPS) is 10.3. The standard InChI is InChI=1S/C24H22N2O2/c25-17-19-8-7-13-22(16-19)28-18-24(27)26-15-14-23(20-9-3-1-4-10-20)21-11-5-2-6-12-21/h1-13,16,23H,14-15,18H2,(H,26,27). The number of benzene rings is 3. The van der Waals surface area contributed by atoms with Gasteiger partial charge < -0.3 is 10.1 Å². The molecule has 0 fully saturated rings. The number of nitrogens with zero attached hydrogens (tertiary/aromatic N) is 1. The molecule has 0 aliphatic heterocycles. The number of hydrogen-bond donors (Lipinski definition) is 1. The summed E-state index contributed by atoms with van der Waals surface area (Å²) in [6, 6.07) is 29.4. The van der Waals surface area contributed by atoms with Crippen LogP contribution in [0.3, 0.4) is 0 Å². The van der Waals surface area contributed by atoms with E-state index in [1.54, 1.807) is 24.3 Å². The van der Waals surface area contributed by atoms with Gasteiger partial charge in [0.25, 0.3) is 5.91 Å². The smallest absolute Gasteiger partial charge is 0.257 e. The highest BCUT2D eigenvalue weighted by Crippen LogP contribution is 2.27. The number of amides is 1. The first kappa shape index (κ1) is 19.2.